The lowest BCUT2D eigenvalue weighted by atomic mass is 9.93. The number of likely N-dealkylation sites (tertiary alicyclic amines) is 1. The van der Waals surface area contributed by atoms with E-state index in [4.69, 9.17) is 4.74 Å². The Balaban J connectivity index is 2.62. The molecule has 1 aliphatic rings. The smallest absolute Gasteiger partial charge is 0.410 e. The Morgan fingerprint density at radius 1 is 1.39 bits per heavy atom. The Morgan fingerprint density at radius 3 is 2.50 bits per heavy atom. The van der Waals surface area contributed by atoms with Crippen LogP contribution in [0.5, 0.6) is 0 Å². The zero-order chi connectivity index (χ0) is 14.0. The number of amides is 1. The largest absolute Gasteiger partial charge is 0.444 e. The molecule has 3 heteroatoms. The molecule has 18 heavy (non-hydrogen) atoms. The molecule has 0 N–H and O–H groups in total. The van der Waals surface area contributed by atoms with Crippen molar-refractivity contribution in [1.82, 2.24) is 4.90 Å². The number of nitrogens with zero attached hydrogens (tertiary/aromatic N) is 1. The normalized spacial score (nSPS) is 23.2. The summed E-state index contributed by atoms with van der Waals surface area (Å²) in [5, 5.41) is 0. The van der Waals surface area contributed by atoms with Crippen LogP contribution in [0.2, 0.25) is 0 Å². The number of carbonyl (C=O) groups excluding carboxylic acids is 1. The fourth-order valence-corrected chi connectivity index (χ4v) is 2.71. The van der Waals surface area contributed by atoms with E-state index in [1.165, 1.54) is 19.3 Å². The van der Waals surface area contributed by atoms with Gasteiger partial charge < -0.3 is 9.64 Å². The van der Waals surface area contributed by atoms with Crippen LogP contribution in [-0.4, -0.2) is 28.7 Å². The number of unbranched alkanes of at least 4 members (excludes halogenated alkanes) is 1. The fourth-order valence-electron chi connectivity index (χ4n) is 2.71. The Bertz CT molecular complexity index is 291. The molecule has 0 aliphatic carbocycles. The van der Waals surface area contributed by atoms with Gasteiger partial charge in [-0.1, -0.05) is 19.8 Å². The van der Waals surface area contributed by atoms with Crippen LogP contribution in [-0.2, 0) is 4.74 Å². The maximum absolute atomic E-state index is 12.2. The molecule has 1 amide bonds. The standard InChI is InChI=1S/C15H29NO2/c1-7-8-9-12-10-15(5,6)16(11-12)13(17)18-14(2,3)4/h12H,7-11H2,1-6H3. The van der Waals surface area contributed by atoms with Crippen LogP contribution in [0.15, 0.2) is 0 Å². The topological polar surface area (TPSA) is 29.5 Å². The highest BCUT2D eigenvalue weighted by molar-refractivity contribution is 5.69. The number of ether oxygens (including phenoxy) is 1. The van der Waals surface area contributed by atoms with Crippen molar-refractivity contribution in [2.45, 2.75) is 78.4 Å². The van der Waals surface area contributed by atoms with Gasteiger partial charge in [-0.25, -0.2) is 4.79 Å². The Hall–Kier alpha value is -0.730. The molecule has 1 atom stereocenters. The van der Waals surface area contributed by atoms with Gasteiger partial charge in [-0.3, -0.25) is 0 Å². The van der Waals surface area contributed by atoms with Gasteiger partial charge in [-0.05, 0) is 53.4 Å². The molecule has 0 aromatic carbocycles. The van der Waals surface area contributed by atoms with Crippen LogP contribution in [0, 0.1) is 5.92 Å². The summed E-state index contributed by atoms with van der Waals surface area (Å²) in [4.78, 5) is 14.1. The van der Waals surface area contributed by atoms with Crippen molar-refractivity contribution in [3.05, 3.63) is 0 Å². The van der Waals surface area contributed by atoms with Crippen molar-refractivity contribution in [3.63, 3.8) is 0 Å². The second-order valence-electron chi connectivity index (χ2n) is 7.12. The van der Waals surface area contributed by atoms with Crippen molar-refractivity contribution in [2.75, 3.05) is 6.54 Å². The van der Waals surface area contributed by atoms with E-state index in [1.807, 2.05) is 25.7 Å². The lowest BCUT2D eigenvalue weighted by molar-refractivity contribution is 0.0131. The monoisotopic (exact) mass is 255 g/mol. The predicted molar refractivity (Wildman–Crippen MR) is 74.7 cm³/mol. The number of rotatable bonds is 3. The first-order valence-corrected chi connectivity index (χ1v) is 7.16. The third-order valence-electron chi connectivity index (χ3n) is 3.54. The summed E-state index contributed by atoms with van der Waals surface area (Å²) in [6, 6.07) is 0. The molecule has 106 valence electrons. The van der Waals surface area contributed by atoms with E-state index in [1.54, 1.807) is 0 Å². The van der Waals surface area contributed by atoms with Gasteiger partial charge in [0.1, 0.15) is 5.60 Å². The molecule has 3 nitrogen and oxygen atoms in total. The molecule has 0 aromatic rings. The maximum atomic E-state index is 12.2. The molecule has 0 saturated carbocycles. The summed E-state index contributed by atoms with van der Waals surface area (Å²) in [5.74, 6) is 0.632. The molecule has 1 heterocycles. The summed E-state index contributed by atoms with van der Waals surface area (Å²) >= 11 is 0. The first kappa shape index (κ1) is 15.3. The lowest BCUT2D eigenvalue weighted by Gasteiger charge is -2.33. The SMILES string of the molecule is CCCCC1CN(C(=O)OC(C)(C)C)C(C)(C)C1. The summed E-state index contributed by atoms with van der Waals surface area (Å²) in [7, 11) is 0. The molecule has 1 aliphatic heterocycles. The van der Waals surface area contributed by atoms with Gasteiger partial charge in [0.25, 0.3) is 0 Å². The zero-order valence-electron chi connectivity index (χ0n) is 12.9. The number of carbonyl (C=O) groups is 1. The van der Waals surface area contributed by atoms with E-state index in [9.17, 15) is 4.79 Å². The van der Waals surface area contributed by atoms with Crippen molar-refractivity contribution < 1.29 is 9.53 Å². The first-order chi connectivity index (χ1) is 8.15. The van der Waals surface area contributed by atoms with Crippen LogP contribution in [0.25, 0.3) is 0 Å². The number of hydrogen-bond donors (Lipinski definition) is 0. The average Bonchev–Trinajstić information content (AvgIpc) is 2.48. The molecule has 1 fully saturated rings. The second-order valence-corrected chi connectivity index (χ2v) is 7.12. The first-order valence-electron chi connectivity index (χ1n) is 7.16. The van der Waals surface area contributed by atoms with E-state index in [-0.39, 0.29) is 11.6 Å². The zero-order valence-corrected chi connectivity index (χ0v) is 12.9. The van der Waals surface area contributed by atoms with Crippen LogP contribution in [0.3, 0.4) is 0 Å². The van der Waals surface area contributed by atoms with Crippen molar-refractivity contribution >= 4 is 6.09 Å². The van der Waals surface area contributed by atoms with Gasteiger partial charge in [-0.15, -0.1) is 0 Å². The van der Waals surface area contributed by atoms with E-state index in [2.05, 4.69) is 20.8 Å². The van der Waals surface area contributed by atoms with Crippen molar-refractivity contribution in [2.24, 2.45) is 5.92 Å². The van der Waals surface area contributed by atoms with E-state index in [0.717, 1.165) is 13.0 Å². The van der Waals surface area contributed by atoms with Crippen molar-refractivity contribution in [3.8, 4) is 0 Å². The summed E-state index contributed by atoms with van der Waals surface area (Å²) in [5.41, 5.74) is -0.477. The lowest BCUT2D eigenvalue weighted by Crippen LogP contribution is -2.45. The Kier molecular flexibility index (Phi) is 4.68. The molecule has 1 rings (SSSR count). The molecule has 1 saturated heterocycles. The summed E-state index contributed by atoms with van der Waals surface area (Å²) in [6.07, 6.45) is 4.63. The average molecular weight is 255 g/mol. The van der Waals surface area contributed by atoms with Crippen molar-refractivity contribution in [1.29, 1.82) is 0 Å². The van der Waals surface area contributed by atoms with E-state index >= 15 is 0 Å². The highest BCUT2D eigenvalue weighted by Gasteiger charge is 2.42. The second kappa shape index (κ2) is 5.50. The van der Waals surface area contributed by atoms with Gasteiger partial charge in [0.15, 0.2) is 0 Å². The van der Waals surface area contributed by atoms with Crippen LogP contribution in [0.4, 0.5) is 4.79 Å². The Labute approximate surface area is 112 Å². The predicted octanol–water partition coefficient (Wildman–Crippen LogP) is 4.21. The maximum Gasteiger partial charge on any atom is 0.410 e. The van der Waals surface area contributed by atoms with E-state index < -0.39 is 5.60 Å². The highest BCUT2D eigenvalue weighted by Crippen LogP contribution is 2.36. The molecule has 0 spiro atoms. The quantitative estimate of drug-likeness (QED) is 0.756. The molecule has 0 aromatic heterocycles. The van der Waals surface area contributed by atoms with Crippen LogP contribution >= 0.6 is 0 Å². The minimum Gasteiger partial charge on any atom is -0.444 e. The highest BCUT2D eigenvalue weighted by atomic mass is 16.6. The van der Waals surface area contributed by atoms with E-state index in [0.29, 0.717) is 5.92 Å². The van der Waals surface area contributed by atoms with Gasteiger partial charge in [0, 0.05) is 12.1 Å². The molecule has 1 unspecified atom stereocenters. The minimum atomic E-state index is -0.408. The third-order valence-corrected chi connectivity index (χ3v) is 3.54. The van der Waals surface area contributed by atoms with Crippen LogP contribution < -0.4 is 0 Å². The van der Waals surface area contributed by atoms with Gasteiger partial charge in [0.2, 0.25) is 0 Å². The molecular formula is C15H29NO2. The molecule has 0 radical (unpaired) electrons. The van der Waals surface area contributed by atoms with Gasteiger partial charge in [0.05, 0.1) is 0 Å². The Morgan fingerprint density at radius 2 is 2.00 bits per heavy atom. The number of hydrogen-bond acceptors (Lipinski definition) is 2. The summed E-state index contributed by atoms with van der Waals surface area (Å²) in [6.45, 7) is 13.1. The van der Waals surface area contributed by atoms with Gasteiger partial charge in [-0.2, -0.15) is 0 Å². The van der Waals surface area contributed by atoms with Crippen LogP contribution in [0.1, 0.15) is 67.2 Å². The third kappa shape index (κ3) is 4.18. The summed E-state index contributed by atoms with van der Waals surface area (Å²) < 4.78 is 5.50. The fraction of sp³-hybridized carbons (Fsp3) is 0.933. The molecular weight excluding hydrogens is 226 g/mol. The molecule has 0 bridgehead atoms. The minimum absolute atomic E-state index is 0.0687. The van der Waals surface area contributed by atoms with Gasteiger partial charge >= 0.3 is 6.09 Å².